The molecular formula is C15H27NO2Si. The van der Waals surface area contributed by atoms with Gasteiger partial charge in [-0.3, -0.25) is 4.79 Å². The highest BCUT2D eigenvalue weighted by atomic mass is 28.4. The maximum atomic E-state index is 12.3. The van der Waals surface area contributed by atoms with Crippen molar-refractivity contribution in [2.75, 3.05) is 0 Å². The maximum absolute atomic E-state index is 12.3. The third-order valence-electron chi connectivity index (χ3n) is 4.86. The molecule has 1 saturated heterocycles. The molecule has 0 aromatic rings. The lowest BCUT2D eigenvalue weighted by Crippen LogP contribution is -2.54. The van der Waals surface area contributed by atoms with E-state index in [9.17, 15) is 4.79 Å². The molecular weight excluding hydrogens is 254 g/mol. The molecule has 0 radical (unpaired) electrons. The summed E-state index contributed by atoms with van der Waals surface area (Å²) in [7, 11) is -2.00. The summed E-state index contributed by atoms with van der Waals surface area (Å²) in [5.74, 6) is 0.245. The molecule has 0 N–H and O–H groups in total. The topological polar surface area (TPSA) is 29.5 Å². The number of hydrogen-bond donors (Lipinski definition) is 0. The van der Waals surface area contributed by atoms with Crippen molar-refractivity contribution in [3.8, 4) is 0 Å². The smallest absolute Gasteiger partial charge is 0.252 e. The van der Waals surface area contributed by atoms with Crippen LogP contribution in [0.2, 0.25) is 16.6 Å². The maximum Gasteiger partial charge on any atom is 0.252 e. The van der Waals surface area contributed by atoms with Crippen molar-refractivity contribution in [3.05, 3.63) is 12.2 Å². The van der Waals surface area contributed by atoms with Gasteiger partial charge in [-0.15, -0.1) is 0 Å². The molecule has 4 heteroatoms. The number of hydroxylamine groups is 2. The number of nitrogens with zero attached hydrogens (tertiary/aromatic N) is 1. The Morgan fingerprint density at radius 1 is 1.11 bits per heavy atom. The fourth-order valence-corrected chi connectivity index (χ4v) is 9.16. The van der Waals surface area contributed by atoms with Crippen molar-refractivity contribution >= 4 is 14.2 Å². The molecule has 2 aliphatic rings. The van der Waals surface area contributed by atoms with Gasteiger partial charge < -0.3 is 4.53 Å². The third-order valence-corrected chi connectivity index (χ3v) is 10.8. The largest absolute Gasteiger partial charge is 0.316 e. The molecule has 0 aromatic carbocycles. The minimum absolute atomic E-state index is 0.0724. The zero-order chi connectivity index (χ0) is 14.4. The van der Waals surface area contributed by atoms with Crippen molar-refractivity contribution < 1.29 is 9.32 Å². The van der Waals surface area contributed by atoms with Gasteiger partial charge in [0.2, 0.25) is 8.32 Å². The van der Waals surface area contributed by atoms with Crippen LogP contribution < -0.4 is 0 Å². The van der Waals surface area contributed by atoms with Crippen LogP contribution in [0.5, 0.6) is 0 Å². The molecule has 0 saturated carbocycles. The molecule has 1 aliphatic carbocycles. The van der Waals surface area contributed by atoms with Gasteiger partial charge >= 0.3 is 0 Å². The van der Waals surface area contributed by atoms with Crippen LogP contribution in [0.25, 0.3) is 0 Å². The van der Waals surface area contributed by atoms with Crippen LogP contribution in [-0.4, -0.2) is 25.3 Å². The van der Waals surface area contributed by atoms with Gasteiger partial charge in [0.05, 0.1) is 12.0 Å². The van der Waals surface area contributed by atoms with E-state index >= 15 is 0 Å². The Labute approximate surface area is 118 Å². The Hall–Kier alpha value is -0.613. The zero-order valence-corrected chi connectivity index (χ0v) is 14.0. The van der Waals surface area contributed by atoms with Crippen LogP contribution in [0, 0.1) is 5.92 Å². The molecule has 2 atom stereocenters. The molecule has 3 nitrogen and oxygen atoms in total. The molecule has 19 heavy (non-hydrogen) atoms. The van der Waals surface area contributed by atoms with Crippen molar-refractivity contribution in [3.63, 3.8) is 0 Å². The SMILES string of the molecule is CC(C)[Si](ON1C(=O)C2C=CC1C2)(C(C)C)C(C)C. The second kappa shape index (κ2) is 5.06. The first-order chi connectivity index (χ1) is 8.80. The third kappa shape index (κ3) is 2.19. The van der Waals surface area contributed by atoms with E-state index in [0.29, 0.717) is 16.6 Å². The second-order valence-electron chi connectivity index (χ2n) is 6.87. The van der Waals surface area contributed by atoms with Gasteiger partial charge in [0.15, 0.2) is 0 Å². The van der Waals surface area contributed by atoms with Gasteiger partial charge in [-0.2, -0.15) is 0 Å². The van der Waals surface area contributed by atoms with Gasteiger partial charge in [-0.25, -0.2) is 5.06 Å². The summed E-state index contributed by atoms with van der Waals surface area (Å²) in [6.45, 7) is 13.5. The predicted molar refractivity (Wildman–Crippen MR) is 80.0 cm³/mol. The van der Waals surface area contributed by atoms with Crippen LogP contribution in [0.3, 0.4) is 0 Å². The molecule has 1 fully saturated rings. The Bertz CT molecular complexity index is 368. The molecule has 1 aliphatic heterocycles. The standard InChI is InChI=1S/C15H27NO2Si/c1-10(2)19(11(3)4,12(5)6)18-16-14-8-7-13(9-14)15(16)17/h7-8,10-14H,9H2,1-6H3. The number of rotatable bonds is 5. The summed E-state index contributed by atoms with van der Waals surface area (Å²) in [5.41, 5.74) is 1.51. The number of amides is 1. The highest BCUT2D eigenvalue weighted by molar-refractivity contribution is 6.77. The first-order valence-corrected chi connectivity index (χ1v) is 9.65. The highest BCUT2D eigenvalue weighted by Gasteiger charge is 2.52. The van der Waals surface area contributed by atoms with Crippen molar-refractivity contribution in [2.45, 2.75) is 70.6 Å². The normalized spacial score (nSPS) is 26.6. The van der Waals surface area contributed by atoms with Crippen LogP contribution in [-0.2, 0) is 9.32 Å². The van der Waals surface area contributed by atoms with E-state index in [1.165, 1.54) is 0 Å². The molecule has 108 valence electrons. The van der Waals surface area contributed by atoms with Crippen molar-refractivity contribution in [1.82, 2.24) is 5.06 Å². The quantitative estimate of drug-likeness (QED) is 0.565. The Morgan fingerprint density at radius 2 is 1.63 bits per heavy atom. The number of hydrogen-bond acceptors (Lipinski definition) is 2. The highest BCUT2D eigenvalue weighted by Crippen LogP contribution is 2.45. The van der Waals surface area contributed by atoms with Crippen LogP contribution in [0.15, 0.2) is 12.2 Å². The second-order valence-corrected chi connectivity index (χ2v) is 12.2. The van der Waals surface area contributed by atoms with Gasteiger partial charge in [-0.1, -0.05) is 53.7 Å². The molecule has 0 aromatic heterocycles. The monoisotopic (exact) mass is 281 g/mol. The Kier molecular flexibility index (Phi) is 3.94. The summed E-state index contributed by atoms with van der Waals surface area (Å²) in [5, 5.41) is 1.72. The average molecular weight is 281 g/mol. The van der Waals surface area contributed by atoms with E-state index in [-0.39, 0.29) is 17.9 Å². The molecule has 2 unspecified atom stereocenters. The minimum atomic E-state index is -2.00. The van der Waals surface area contributed by atoms with E-state index < -0.39 is 8.32 Å². The van der Waals surface area contributed by atoms with Gasteiger partial charge in [-0.05, 0) is 23.0 Å². The first kappa shape index (κ1) is 14.8. The summed E-state index contributed by atoms with van der Waals surface area (Å²) in [4.78, 5) is 12.3. The van der Waals surface area contributed by atoms with Gasteiger partial charge in [0, 0.05) is 0 Å². The van der Waals surface area contributed by atoms with Crippen molar-refractivity contribution in [1.29, 1.82) is 0 Å². The van der Waals surface area contributed by atoms with E-state index in [1.807, 2.05) is 6.08 Å². The number of fused-ring (bicyclic) bond motifs is 2. The van der Waals surface area contributed by atoms with Crippen molar-refractivity contribution in [2.24, 2.45) is 5.92 Å². The van der Waals surface area contributed by atoms with Crippen LogP contribution >= 0.6 is 0 Å². The summed E-state index contributed by atoms with van der Waals surface area (Å²) >= 11 is 0. The number of carbonyl (C=O) groups excluding carboxylic acids is 1. The molecule has 2 bridgehead atoms. The van der Waals surface area contributed by atoms with E-state index in [4.69, 9.17) is 4.53 Å². The molecule has 1 amide bonds. The lowest BCUT2D eigenvalue weighted by atomic mass is 10.1. The lowest BCUT2D eigenvalue weighted by Gasteiger charge is -2.44. The fraction of sp³-hybridized carbons (Fsp3) is 0.800. The lowest BCUT2D eigenvalue weighted by molar-refractivity contribution is -0.160. The Balaban J connectivity index is 2.26. The van der Waals surface area contributed by atoms with Crippen LogP contribution in [0.1, 0.15) is 48.0 Å². The molecule has 0 spiro atoms. The molecule has 2 rings (SSSR count). The average Bonchev–Trinajstić information content (AvgIpc) is 2.86. The minimum Gasteiger partial charge on any atom is -0.316 e. The van der Waals surface area contributed by atoms with E-state index in [0.717, 1.165) is 6.42 Å². The van der Waals surface area contributed by atoms with Crippen LogP contribution in [0.4, 0.5) is 0 Å². The first-order valence-electron chi connectivity index (χ1n) is 7.51. The number of carbonyl (C=O) groups is 1. The summed E-state index contributed by atoms with van der Waals surface area (Å²) in [6.07, 6.45) is 5.08. The Morgan fingerprint density at radius 3 is 2.00 bits per heavy atom. The van der Waals surface area contributed by atoms with E-state index in [1.54, 1.807) is 5.06 Å². The predicted octanol–water partition coefficient (Wildman–Crippen LogP) is 3.88. The zero-order valence-electron chi connectivity index (χ0n) is 13.0. The molecule has 1 heterocycles. The summed E-state index contributed by atoms with van der Waals surface area (Å²) in [6, 6.07) is 0.181. The van der Waals surface area contributed by atoms with Gasteiger partial charge in [0.1, 0.15) is 0 Å². The van der Waals surface area contributed by atoms with Gasteiger partial charge in [0.25, 0.3) is 5.91 Å². The fourth-order valence-electron chi connectivity index (χ4n) is 3.96. The summed E-state index contributed by atoms with van der Waals surface area (Å²) < 4.78 is 6.50. The van der Waals surface area contributed by atoms with E-state index in [2.05, 4.69) is 47.6 Å².